The molecule has 2 rings (SSSR count). The van der Waals surface area contributed by atoms with Crippen LogP contribution in [0.2, 0.25) is 0 Å². The molecule has 0 radical (unpaired) electrons. The monoisotopic (exact) mass is 223 g/mol. The van der Waals surface area contributed by atoms with E-state index < -0.39 is 0 Å². The standard InChI is InChI=1S/C9H9NS.2C2H6/c1-7-8-5-3-2-4-6-9(8)11-10-7;2*1-2/h3-6H,2H2,1H3;2*1-2H3. The van der Waals surface area contributed by atoms with Crippen molar-refractivity contribution >= 4 is 23.7 Å². The van der Waals surface area contributed by atoms with Crippen molar-refractivity contribution in [3.63, 3.8) is 0 Å². The van der Waals surface area contributed by atoms with Gasteiger partial charge in [-0.1, -0.05) is 45.9 Å². The summed E-state index contributed by atoms with van der Waals surface area (Å²) in [5.74, 6) is 0. The van der Waals surface area contributed by atoms with Crippen molar-refractivity contribution in [2.45, 2.75) is 41.0 Å². The maximum atomic E-state index is 4.28. The van der Waals surface area contributed by atoms with Crippen molar-refractivity contribution in [3.05, 3.63) is 28.3 Å². The zero-order valence-corrected chi connectivity index (χ0v) is 11.2. The summed E-state index contributed by atoms with van der Waals surface area (Å²) < 4.78 is 4.28. The number of aromatic nitrogens is 1. The number of hydrogen-bond acceptors (Lipinski definition) is 2. The van der Waals surface area contributed by atoms with Crippen LogP contribution in [0.1, 0.15) is 50.3 Å². The van der Waals surface area contributed by atoms with Crippen LogP contribution in [0.5, 0.6) is 0 Å². The molecule has 1 nitrogen and oxygen atoms in total. The molecule has 0 saturated heterocycles. The van der Waals surface area contributed by atoms with Crippen LogP contribution in [-0.4, -0.2) is 4.37 Å². The molecular formula is C13H21NS. The minimum atomic E-state index is 1.04. The number of allylic oxidation sites excluding steroid dienone is 2. The van der Waals surface area contributed by atoms with Gasteiger partial charge in [-0.25, -0.2) is 0 Å². The van der Waals surface area contributed by atoms with Crippen LogP contribution >= 0.6 is 11.5 Å². The summed E-state index contributed by atoms with van der Waals surface area (Å²) in [6.07, 6.45) is 9.69. The number of fused-ring (bicyclic) bond motifs is 1. The fourth-order valence-electron chi connectivity index (χ4n) is 1.16. The van der Waals surface area contributed by atoms with E-state index in [1.807, 2.05) is 27.7 Å². The highest BCUT2D eigenvalue weighted by Gasteiger charge is 2.05. The van der Waals surface area contributed by atoms with Gasteiger partial charge >= 0.3 is 0 Å². The highest BCUT2D eigenvalue weighted by Crippen LogP contribution is 2.23. The summed E-state index contributed by atoms with van der Waals surface area (Å²) in [6.45, 7) is 10.1. The molecule has 2 heteroatoms. The lowest BCUT2D eigenvalue weighted by Crippen LogP contribution is -1.74. The lowest BCUT2D eigenvalue weighted by molar-refractivity contribution is 1.33. The Kier molecular flexibility index (Phi) is 7.92. The summed E-state index contributed by atoms with van der Waals surface area (Å²) in [4.78, 5) is 1.29. The maximum absolute atomic E-state index is 4.28. The van der Waals surface area contributed by atoms with Gasteiger partial charge in [0.1, 0.15) is 0 Å². The number of hydrogen-bond donors (Lipinski definition) is 0. The third-order valence-electron chi connectivity index (χ3n) is 1.76. The molecule has 15 heavy (non-hydrogen) atoms. The van der Waals surface area contributed by atoms with Crippen molar-refractivity contribution in [2.24, 2.45) is 0 Å². The zero-order valence-electron chi connectivity index (χ0n) is 10.4. The summed E-state index contributed by atoms with van der Waals surface area (Å²) in [5, 5.41) is 0. The van der Waals surface area contributed by atoms with Crippen LogP contribution in [0.3, 0.4) is 0 Å². The SMILES string of the molecule is CC.CC.Cc1nsc2c1C=CCC=C2. The highest BCUT2D eigenvalue weighted by atomic mass is 32.1. The minimum absolute atomic E-state index is 1.04. The van der Waals surface area contributed by atoms with Crippen molar-refractivity contribution in [2.75, 3.05) is 0 Å². The molecular weight excluding hydrogens is 202 g/mol. The maximum Gasteiger partial charge on any atom is 0.0589 e. The minimum Gasteiger partial charge on any atom is -0.197 e. The number of rotatable bonds is 0. The molecule has 84 valence electrons. The summed E-state index contributed by atoms with van der Waals surface area (Å²) in [6, 6.07) is 0. The van der Waals surface area contributed by atoms with Crippen LogP contribution in [0.15, 0.2) is 12.2 Å². The third-order valence-corrected chi connectivity index (χ3v) is 2.68. The molecule has 1 aliphatic rings. The molecule has 0 N–H and O–H groups in total. The number of aryl methyl sites for hydroxylation is 1. The third kappa shape index (κ3) is 4.00. The molecule has 1 aliphatic carbocycles. The van der Waals surface area contributed by atoms with Crippen molar-refractivity contribution < 1.29 is 0 Å². The van der Waals surface area contributed by atoms with Crippen LogP contribution in [0.4, 0.5) is 0 Å². The molecule has 1 aromatic rings. The van der Waals surface area contributed by atoms with Gasteiger partial charge in [-0.3, -0.25) is 0 Å². The molecule has 0 aromatic carbocycles. The average molecular weight is 223 g/mol. The van der Waals surface area contributed by atoms with Crippen molar-refractivity contribution in [1.29, 1.82) is 0 Å². The highest BCUT2D eigenvalue weighted by molar-refractivity contribution is 7.07. The summed E-state index contributed by atoms with van der Waals surface area (Å²) in [5.41, 5.74) is 2.44. The van der Waals surface area contributed by atoms with E-state index in [4.69, 9.17) is 0 Å². The Hall–Kier alpha value is -0.890. The van der Waals surface area contributed by atoms with E-state index in [2.05, 4.69) is 35.6 Å². The lowest BCUT2D eigenvalue weighted by Gasteiger charge is -1.87. The van der Waals surface area contributed by atoms with E-state index in [1.54, 1.807) is 11.5 Å². The molecule has 0 bridgehead atoms. The van der Waals surface area contributed by atoms with Gasteiger partial charge in [-0.15, -0.1) is 0 Å². The predicted molar refractivity (Wildman–Crippen MR) is 72.2 cm³/mol. The van der Waals surface area contributed by atoms with E-state index >= 15 is 0 Å². The first kappa shape index (κ1) is 14.1. The Morgan fingerprint density at radius 1 is 1.07 bits per heavy atom. The quantitative estimate of drug-likeness (QED) is 0.607. The number of nitrogens with zero attached hydrogens (tertiary/aromatic N) is 1. The van der Waals surface area contributed by atoms with Gasteiger partial charge in [0, 0.05) is 5.56 Å². The molecule has 0 saturated carbocycles. The predicted octanol–water partition coefficient (Wildman–Crippen LogP) is 4.93. The second-order valence-electron chi connectivity index (χ2n) is 2.59. The molecule has 0 aliphatic heterocycles. The summed E-state index contributed by atoms with van der Waals surface area (Å²) >= 11 is 1.58. The fraction of sp³-hybridized carbons (Fsp3) is 0.462. The Labute approximate surface area is 97.7 Å². The normalized spacial score (nSPS) is 11.5. The van der Waals surface area contributed by atoms with E-state index in [0.717, 1.165) is 12.1 Å². The lowest BCUT2D eigenvalue weighted by atomic mass is 10.2. The molecule has 0 spiro atoms. The first-order valence-corrected chi connectivity index (χ1v) is 6.44. The van der Waals surface area contributed by atoms with Crippen molar-refractivity contribution in [3.8, 4) is 0 Å². The van der Waals surface area contributed by atoms with Gasteiger partial charge in [0.15, 0.2) is 0 Å². The molecule has 0 atom stereocenters. The smallest absolute Gasteiger partial charge is 0.0589 e. The fourth-order valence-corrected chi connectivity index (χ4v) is 1.96. The Balaban J connectivity index is 0.000000442. The van der Waals surface area contributed by atoms with Gasteiger partial charge < -0.3 is 0 Å². The van der Waals surface area contributed by atoms with E-state index in [1.165, 1.54) is 10.4 Å². The second-order valence-corrected chi connectivity index (χ2v) is 3.39. The van der Waals surface area contributed by atoms with E-state index in [0.29, 0.717) is 0 Å². The van der Waals surface area contributed by atoms with Gasteiger partial charge in [-0.05, 0) is 31.0 Å². The van der Waals surface area contributed by atoms with Crippen LogP contribution in [0.25, 0.3) is 12.2 Å². The Morgan fingerprint density at radius 3 is 2.33 bits per heavy atom. The first-order valence-electron chi connectivity index (χ1n) is 5.67. The van der Waals surface area contributed by atoms with E-state index in [9.17, 15) is 0 Å². The van der Waals surface area contributed by atoms with E-state index in [-0.39, 0.29) is 0 Å². The van der Waals surface area contributed by atoms with Crippen molar-refractivity contribution in [1.82, 2.24) is 4.37 Å². The van der Waals surface area contributed by atoms with Crippen LogP contribution < -0.4 is 0 Å². The molecule has 1 heterocycles. The molecule has 0 unspecified atom stereocenters. The second kappa shape index (κ2) is 8.42. The van der Waals surface area contributed by atoms with Gasteiger partial charge in [0.2, 0.25) is 0 Å². The largest absolute Gasteiger partial charge is 0.197 e. The topological polar surface area (TPSA) is 12.9 Å². The molecule has 1 aromatic heterocycles. The first-order chi connectivity index (χ1) is 7.38. The zero-order chi connectivity index (χ0) is 11.7. The average Bonchev–Trinajstić information content (AvgIpc) is 2.56. The van der Waals surface area contributed by atoms with Gasteiger partial charge in [0.25, 0.3) is 0 Å². The molecule has 0 fully saturated rings. The van der Waals surface area contributed by atoms with Crippen LogP contribution in [0, 0.1) is 6.92 Å². The summed E-state index contributed by atoms with van der Waals surface area (Å²) in [7, 11) is 0. The molecule has 0 amide bonds. The Bertz CT molecular complexity index is 321. The Morgan fingerprint density at radius 2 is 1.67 bits per heavy atom. The van der Waals surface area contributed by atoms with Gasteiger partial charge in [0.05, 0.1) is 10.6 Å². The van der Waals surface area contributed by atoms with Gasteiger partial charge in [-0.2, -0.15) is 4.37 Å². The van der Waals surface area contributed by atoms with Crippen LogP contribution in [-0.2, 0) is 0 Å².